The largest absolute Gasteiger partial charge is 0.489 e. The van der Waals surface area contributed by atoms with Crippen LogP contribution in [0.25, 0.3) is 11.3 Å². The molecule has 2 N–H and O–H groups in total. The van der Waals surface area contributed by atoms with E-state index in [1.54, 1.807) is 0 Å². The maximum atomic E-state index is 6.08. The Balaban J connectivity index is 1.41. The van der Waals surface area contributed by atoms with E-state index in [9.17, 15) is 0 Å². The first-order valence-corrected chi connectivity index (χ1v) is 10.1. The van der Waals surface area contributed by atoms with E-state index in [0.29, 0.717) is 12.6 Å². The molecule has 6 heteroatoms. The molecule has 6 nitrogen and oxygen atoms in total. The van der Waals surface area contributed by atoms with Crippen LogP contribution in [-0.2, 0) is 13.0 Å². The summed E-state index contributed by atoms with van der Waals surface area (Å²) in [6, 6.07) is 16.5. The molecule has 0 bridgehead atoms. The van der Waals surface area contributed by atoms with E-state index in [1.165, 1.54) is 11.1 Å². The van der Waals surface area contributed by atoms with Gasteiger partial charge in [-0.1, -0.05) is 30.3 Å². The van der Waals surface area contributed by atoms with Gasteiger partial charge in [0.2, 0.25) is 5.95 Å². The predicted molar refractivity (Wildman–Crippen MR) is 115 cm³/mol. The zero-order chi connectivity index (χ0) is 19.8. The van der Waals surface area contributed by atoms with Crippen molar-refractivity contribution in [3.05, 3.63) is 65.2 Å². The van der Waals surface area contributed by atoms with Gasteiger partial charge in [-0.15, -0.1) is 0 Å². The summed E-state index contributed by atoms with van der Waals surface area (Å²) in [5.41, 5.74) is 11.7. The number of ether oxygens (including phenoxy) is 1. The number of hydrogen-bond acceptors (Lipinski definition) is 6. The van der Waals surface area contributed by atoms with Crippen LogP contribution >= 0.6 is 0 Å². The topological polar surface area (TPSA) is 67.5 Å². The molecule has 2 heterocycles. The Morgan fingerprint density at radius 1 is 1.00 bits per heavy atom. The highest BCUT2D eigenvalue weighted by atomic mass is 16.5. The number of aromatic nitrogens is 2. The molecular formula is C23H25N5O. The minimum Gasteiger partial charge on any atom is -0.489 e. The fourth-order valence-corrected chi connectivity index (χ4v) is 4.12. The monoisotopic (exact) mass is 387 g/mol. The Kier molecular flexibility index (Phi) is 4.56. The Bertz CT molecular complexity index is 1030. The van der Waals surface area contributed by atoms with Crippen LogP contribution in [0.15, 0.2) is 48.5 Å². The van der Waals surface area contributed by atoms with Crippen molar-refractivity contribution >= 4 is 11.8 Å². The fraction of sp³-hybridized carbons (Fsp3) is 0.304. The van der Waals surface area contributed by atoms with E-state index in [0.717, 1.165) is 61.0 Å². The molecule has 2 aliphatic rings. The number of nitrogens with two attached hydrogens (primary N) is 1. The summed E-state index contributed by atoms with van der Waals surface area (Å²) < 4.78 is 6.02. The highest BCUT2D eigenvalue weighted by Gasteiger charge is 2.28. The maximum absolute atomic E-state index is 6.08. The lowest BCUT2D eigenvalue weighted by Crippen LogP contribution is -2.45. The van der Waals surface area contributed by atoms with Gasteiger partial charge in [0, 0.05) is 43.7 Å². The van der Waals surface area contributed by atoms with Crippen LogP contribution in [0.4, 0.5) is 11.8 Å². The third-order valence-electron chi connectivity index (χ3n) is 5.75. The maximum Gasteiger partial charge on any atom is 0.222 e. The van der Waals surface area contributed by atoms with Crippen molar-refractivity contribution in [3.8, 4) is 17.0 Å². The molecule has 1 aromatic heterocycles. The zero-order valence-corrected chi connectivity index (χ0v) is 16.6. The van der Waals surface area contributed by atoms with Gasteiger partial charge in [0.05, 0.1) is 5.69 Å². The van der Waals surface area contributed by atoms with Crippen LogP contribution in [-0.4, -0.2) is 48.1 Å². The summed E-state index contributed by atoms with van der Waals surface area (Å²) in [6.07, 6.45) is 0.815. The van der Waals surface area contributed by atoms with Crippen LogP contribution in [0, 0.1) is 0 Å². The normalized spacial score (nSPS) is 15.8. The van der Waals surface area contributed by atoms with E-state index in [-0.39, 0.29) is 0 Å². The number of hydrogen-bond donors (Lipinski definition) is 1. The number of nitrogens with zero attached hydrogens (tertiary/aromatic N) is 4. The second kappa shape index (κ2) is 7.37. The second-order valence-corrected chi connectivity index (χ2v) is 7.79. The molecule has 0 saturated carbocycles. The number of rotatable bonds is 4. The van der Waals surface area contributed by atoms with Crippen molar-refractivity contribution in [1.29, 1.82) is 0 Å². The Morgan fingerprint density at radius 3 is 2.59 bits per heavy atom. The average molecular weight is 387 g/mol. The lowest BCUT2D eigenvalue weighted by molar-refractivity contribution is 0.306. The van der Waals surface area contributed by atoms with Gasteiger partial charge in [0.1, 0.15) is 18.2 Å². The van der Waals surface area contributed by atoms with Crippen molar-refractivity contribution in [2.24, 2.45) is 0 Å². The molecule has 5 rings (SSSR count). The third kappa shape index (κ3) is 3.51. The van der Waals surface area contributed by atoms with E-state index < -0.39 is 0 Å². The van der Waals surface area contributed by atoms with E-state index in [1.807, 2.05) is 24.3 Å². The number of benzene rings is 2. The first-order chi connectivity index (χ1) is 14.2. The van der Waals surface area contributed by atoms with Gasteiger partial charge in [0.25, 0.3) is 0 Å². The molecule has 1 aliphatic heterocycles. The summed E-state index contributed by atoms with van der Waals surface area (Å²) in [5.74, 6) is 2.21. The van der Waals surface area contributed by atoms with E-state index >= 15 is 0 Å². The van der Waals surface area contributed by atoms with E-state index in [4.69, 9.17) is 10.5 Å². The van der Waals surface area contributed by atoms with Crippen molar-refractivity contribution in [1.82, 2.24) is 14.9 Å². The van der Waals surface area contributed by atoms with Gasteiger partial charge < -0.3 is 20.3 Å². The molecule has 1 fully saturated rings. The minimum absolute atomic E-state index is 0.343. The smallest absolute Gasteiger partial charge is 0.222 e. The highest BCUT2D eigenvalue weighted by molar-refractivity contribution is 5.79. The van der Waals surface area contributed by atoms with Gasteiger partial charge in [-0.05, 0) is 36.4 Å². The number of fused-ring (bicyclic) bond motifs is 3. The Morgan fingerprint density at radius 2 is 1.79 bits per heavy atom. The predicted octanol–water partition coefficient (Wildman–Crippen LogP) is 2.96. The van der Waals surface area contributed by atoms with Gasteiger partial charge in [-0.25, -0.2) is 4.98 Å². The summed E-state index contributed by atoms with van der Waals surface area (Å²) in [4.78, 5) is 13.9. The van der Waals surface area contributed by atoms with Crippen LogP contribution < -0.4 is 15.4 Å². The molecule has 148 valence electrons. The molecule has 2 aromatic carbocycles. The molecule has 1 aliphatic carbocycles. The van der Waals surface area contributed by atoms with Gasteiger partial charge in [-0.2, -0.15) is 4.98 Å². The quantitative estimate of drug-likeness (QED) is 0.581. The number of anilines is 2. The summed E-state index contributed by atoms with van der Waals surface area (Å²) in [5, 5.41) is 0. The van der Waals surface area contributed by atoms with Gasteiger partial charge in [0.15, 0.2) is 0 Å². The summed E-state index contributed by atoms with van der Waals surface area (Å²) >= 11 is 0. The lowest BCUT2D eigenvalue weighted by atomic mass is 10.1. The van der Waals surface area contributed by atoms with Crippen LogP contribution in [0.2, 0.25) is 0 Å². The molecule has 0 spiro atoms. The lowest BCUT2D eigenvalue weighted by Gasteiger charge is -2.34. The van der Waals surface area contributed by atoms with Crippen LogP contribution in [0.3, 0.4) is 0 Å². The number of likely N-dealkylation sites (N-methyl/N-ethyl adjacent to an activating group) is 1. The highest BCUT2D eigenvalue weighted by Crippen LogP contribution is 2.41. The molecule has 1 saturated heterocycles. The third-order valence-corrected chi connectivity index (χ3v) is 5.75. The van der Waals surface area contributed by atoms with Crippen molar-refractivity contribution < 1.29 is 4.74 Å². The standard InChI is InChI=1S/C23H25N5O/c1-27-9-11-28(12-10-27)22-20-14-17-13-18(29-15-16-5-3-2-4-6-16)7-8-19(17)21(20)25-23(24)26-22/h2-8,13H,9-12,14-15H2,1H3,(H2,24,25,26). The first kappa shape index (κ1) is 17.9. The average Bonchev–Trinajstić information content (AvgIpc) is 3.11. The zero-order valence-electron chi connectivity index (χ0n) is 16.6. The second-order valence-electron chi connectivity index (χ2n) is 7.79. The molecule has 29 heavy (non-hydrogen) atoms. The van der Waals surface area contributed by atoms with Crippen LogP contribution in [0.1, 0.15) is 16.7 Å². The van der Waals surface area contributed by atoms with Crippen molar-refractivity contribution in [2.75, 3.05) is 43.9 Å². The minimum atomic E-state index is 0.343. The Hall–Kier alpha value is -3.12. The number of nitrogen functional groups attached to an aromatic ring is 1. The molecule has 0 radical (unpaired) electrons. The van der Waals surface area contributed by atoms with Gasteiger partial charge in [-0.3, -0.25) is 0 Å². The van der Waals surface area contributed by atoms with Crippen molar-refractivity contribution in [2.45, 2.75) is 13.0 Å². The molecule has 0 amide bonds. The summed E-state index contributed by atoms with van der Waals surface area (Å²) in [7, 11) is 2.16. The fourth-order valence-electron chi connectivity index (χ4n) is 4.12. The molecule has 0 unspecified atom stereocenters. The van der Waals surface area contributed by atoms with Crippen LogP contribution in [0.5, 0.6) is 5.75 Å². The van der Waals surface area contributed by atoms with Crippen molar-refractivity contribution in [3.63, 3.8) is 0 Å². The SMILES string of the molecule is CN1CCN(c2nc(N)nc3c2Cc2cc(OCc4ccccc4)ccc2-3)CC1. The summed E-state index contributed by atoms with van der Waals surface area (Å²) in [6.45, 7) is 4.54. The van der Waals surface area contributed by atoms with E-state index in [2.05, 4.69) is 51.1 Å². The molecule has 3 aromatic rings. The number of piperazine rings is 1. The molecule has 0 atom stereocenters. The Labute approximate surface area is 171 Å². The first-order valence-electron chi connectivity index (χ1n) is 10.1. The van der Waals surface area contributed by atoms with Gasteiger partial charge >= 0.3 is 0 Å². The molecular weight excluding hydrogens is 362 g/mol.